The highest BCUT2D eigenvalue weighted by Gasteiger charge is 2.76. The van der Waals surface area contributed by atoms with Gasteiger partial charge < -0.3 is 0 Å². The van der Waals surface area contributed by atoms with E-state index < -0.39 is 34.3 Å². The lowest BCUT2D eigenvalue weighted by Crippen LogP contribution is -2.79. The summed E-state index contributed by atoms with van der Waals surface area (Å²) in [7, 11) is 0. The van der Waals surface area contributed by atoms with Gasteiger partial charge in [0.1, 0.15) is 45.5 Å². The molecule has 0 radical (unpaired) electrons. The average Bonchev–Trinajstić information content (AvgIpc) is 3.57. The zero-order valence-corrected chi connectivity index (χ0v) is 21.8. The minimum atomic E-state index is -1.45. The van der Waals surface area contributed by atoms with E-state index in [0.717, 1.165) is 45.8 Å². The fourth-order valence-corrected chi connectivity index (χ4v) is 8.55. The third-order valence-electron chi connectivity index (χ3n) is 9.72. The van der Waals surface area contributed by atoms with Gasteiger partial charge in [0.2, 0.25) is 22.8 Å². The molecule has 10 rings (SSSR count). The SMILES string of the molecule is Fc1cc(F)c2c(c1)C13c4cc(F)cc(F)c4-c4cccc([n+]41)C1(c4ccccc4-c4ccccc41)c1cccc-2[n+]13. The molecule has 2 nitrogen and oxygen atoms in total. The van der Waals surface area contributed by atoms with E-state index in [-0.39, 0.29) is 11.1 Å². The molecule has 0 N–H and O–H groups in total. The molecule has 4 aromatic carbocycles. The quantitative estimate of drug-likeness (QED) is 0.145. The molecule has 0 bridgehead atoms. The number of rotatable bonds is 0. The number of nitrogens with zero attached hydrogens (tertiary/aromatic N) is 2. The van der Waals surface area contributed by atoms with E-state index in [0.29, 0.717) is 22.5 Å². The maximum Gasteiger partial charge on any atom is 0.418 e. The monoisotopic (exact) mass is 554 g/mol. The third-order valence-corrected chi connectivity index (χ3v) is 9.72. The number of halogens is 4. The van der Waals surface area contributed by atoms with Crippen LogP contribution in [0.15, 0.2) is 109 Å². The minimum absolute atomic E-state index is 0.223. The smallest absolute Gasteiger partial charge is 0.207 e. The van der Waals surface area contributed by atoms with E-state index >= 15 is 17.6 Å². The molecule has 2 spiro atoms. The Bertz CT molecular complexity index is 2110. The summed E-state index contributed by atoms with van der Waals surface area (Å²) < 4.78 is 66.3. The van der Waals surface area contributed by atoms with Crippen LogP contribution in [0.2, 0.25) is 0 Å². The van der Waals surface area contributed by atoms with Gasteiger partial charge in [-0.15, -0.1) is 9.13 Å². The maximum absolute atomic E-state index is 16.0. The minimum Gasteiger partial charge on any atom is -0.207 e. The second kappa shape index (κ2) is 7.02. The van der Waals surface area contributed by atoms with Gasteiger partial charge in [-0.2, -0.15) is 0 Å². The Morgan fingerprint density at radius 1 is 0.452 bits per heavy atom. The van der Waals surface area contributed by atoms with Gasteiger partial charge >= 0.3 is 5.66 Å². The van der Waals surface area contributed by atoms with E-state index in [2.05, 4.69) is 24.3 Å². The first-order chi connectivity index (χ1) is 20.5. The number of pyridine rings is 2. The summed E-state index contributed by atoms with van der Waals surface area (Å²) in [5.41, 5.74) is 5.59. The summed E-state index contributed by atoms with van der Waals surface area (Å²) in [4.78, 5) is 0. The fraction of sp³-hybridized carbons (Fsp3) is 0.0556. The number of fused-ring (bicyclic) bond motifs is 11. The molecule has 2 aromatic heterocycles. The van der Waals surface area contributed by atoms with Crippen molar-refractivity contribution in [1.29, 1.82) is 0 Å². The highest BCUT2D eigenvalue weighted by Crippen LogP contribution is 2.60. The molecule has 0 atom stereocenters. The van der Waals surface area contributed by atoms with Gasteiger partial charge in [-0.1, -0.05) is 48.5 Å². The zero-order chi connectivity index (χ0) is 28.1. The van der Waals surface area contributed by atoms with Crippen LogP contribution in [0.4, 0.5) is 17.6 Å². The van der Waals surface area contributed by atoms with Crippen LogP contribution in [0, 0.1) is 23.3 Å². The van der Waals surface area contributed by atoms with Crippen LogP contribution >= 0.6 is 0 Å². The van der Waals surface area contributed by atoms with Crippen molar-refractivity contribution in [3.8, 4) is 33.6 Å². The molecule has 6 aromatic rings. The Morgan fingerprint density at radius 2 is 0.905 bits per heavy atom. The van der Waals surface area contributed by atoms with Crippen molar-refractivity contribution >= 4 is 0 Å². The van der Waals surface area contributed by atoms with Crippen molar-refractivity contribution in [2.45, 2.75) is 11.1 Å². The Hall–Kier alpha value is -5.10. The molecule has 0 saturated heterocycles. The second-order valence-electron chi connectivity index (χ2n) is 11.4. The van der Waals surface area contributed by atoms with Crippen LogP contribution < -0.4 is 9.13 Å². The summed E-state index contributed by atoms with van der Waals surface area (Å²) in [6.45, 7) is 0. The first-order valence-corrected chi connectivity index (χ1v) is 13.8. The van der Waals surface area contributed by atoms with Crippen molar-refractivity contribution in [3.63, 3.8) is 0 Å². The number of hydrogen-bond acceptors (Lipinski definition) is 0. The molecule has 4 aliphatic rings. The highest BCUT2D eigenvalue weighted by atomic mass is 19.1. The molecule has 5 heterocycles. The van der Waals surface area contributed by atoms with Crippen LogP contribution in [0.3, 0.4) is 0 Å². The van der Waals surface area contributed by atoms with Crippen LogP contribution in [-0.4, -0.2) is 0 Å². The van der Waals surface area contributed by atoms with Crippen LogP contribution in [-0.2, 0) is 11.1 Å². The van der Waals surface area contributed by atoms with Gasteiger partial charge in [-0.05, 0) is 46.5 Å². The number of hydrogen-bond donors (Lipinski definition) is 0. The van der Waals surface area contributed by atoms with E-state index in [1.165, 1.54) is 12.1 Å². The molecule has 3 aliphatic heterocycles. The molecular weight excluding hydrogens is 536 g/mol. The van der Waals surface area contributed by atoms with Crippen LogP contribution in [0.5, 0.6) is 0 Å². The first kappa shape index (κ1) is 22.6. The van der Waals surface area contributed by atoms with Crippen molar-refractivity contribution in [3.05, 3.63) is 166 Å². The summed E-state index contributed by atoms with van der Waals surface area (Å²) in [6.07, 6.45) is 0. The van der Waals surface area contributed by atoms with Crippen LogP contribution in [0.25, 0.3) is 33.6 Å². The summed E-state index contributed by atoms with van der Waals surface area (Å²) in [6, 6.07) is 32.2. The maximum atomic E-state index is 16.0. The molecule has 0 saturated carbocycles. The molecule has 0 fully saturated rings. The second-order valence-corrected chi connectivity index (χ2v) is 11.4. The molecule has 1 aliphatic carbocycles. The third kappa shape index (κ3) is 2.14. The van der Waals surface area contributed by atoms with Crippen molar-refractivity contribution < 1.29 is 26.7 Å². The molecule has 198 valence electrons. The zero-order valence-electron chi connectivity index (χ0n) is 21.8. The van der Waals surface area contributed by atoms with Crippen molar-refractivity contribution in [2.75, 3.05) is 0 Å². The predicted molar refractivity (Wildman–Crippen MR) is 146 cm³/mol. The Kier molecular flexibility index (Phi) is 3.78. The largest absolute Gasteiger partial charge is 0.418 e. The van der Waals surface area contributed by atoms with Crippen molar-refractivity contribution in [2.24, 2.45) is 0 Å². The van der Waals surface area contributed by atoms with Gasteiger partial charge in [0, 0.05) is 36.4 Å². The van der Waals surface area contributed by atoms with Crippen LogP contribution in [0.1, 0.15) is 33.6 Å². The standard InChI is InChI=1S/C36H18F4N2/c37-19-15-25-33(27(39)17-19)29-11-5-13-31-35(23-9-3-1-7-21(23)22-8-2-4-10-24(22)35)32-14-6-12-30-34-26(16-20(38)18-28(34)40)36(25,41(29)31)42(30)32/h1-18H/q+2. The summed E-state index contributed by atoms with van der Waals surface area (Å²) >= 11 is 0. The number of aromatic nitrogens is 2. The summed E-state index contributed by atoms with van der Waals surface area (Å²) in [5, 5.41) is 0. The lowest BCUT2D eigenvalue weighted by atomic mass is 9.69. The van der Waals surface area contributed by atoms with Gasteiger partial charge in [0.15, 0.2) is 5.41 Å². The van der Waals surface area contributed by atoms with E-state index in [1.807, 2.05) is 57.7 Å². The highest BCUT2D eigenvalue weighted by molar-refractivity contribution is 5.86. The molecule has 0 unspecified atom stereocenters. The fourth-order valence-electron chi connectivity index (χ4n) is 8.55. The van der Waals surface area contributed by atoms with Gasteiger partial charge in [0.05, 0.1) is 0 Å². The first-order valence-electron chi connectivity index (χ1n) is 13.8. The summed E-state index contributed by atoms with van der Waals surface area (Å²) in [5.74, 6) is -2.95. The Labute approximate surface area is 237 Å². The van der Waals surface area contributed by atoms with Crippen molar-refractivity contribution in [1.82, 2.24) is 0 Å². The molecule has 42 heavy (non-hydrogen) atoms. The van der Waals surface area contributed by atoms with E-state index in [1.54, 1.807) is 12.1 Å². The average molecular weight is 555 g/mol. The lowest BCUT2D eigenvalue weighted by Gasteiger charge is -2.35. The lowest BCUT2D eigenvalue weighted by molar-refractivity contribution is -0.971. The Balaban J connectivity index is 1.53. The predicted octanol–water partition coefficient (Wildman–Crippen LogP) is 6.75. The Morgan fingerprint density at radius 3 is 1.38 bits per heavy atom. The van der Waals surface area contributed by atoms with E-state index in [4.69, 9.17) is 0 Å². The molecule has 0 amide bonds. The normalized spacial score (nSPS) is 16.0. The number of benzene rings is 4. The van der Waals surface area contributed by atoms with Gasteiger partial charge in [0.25, 0.3) is 0 Å². The molecule has 6 heteroatoms. The van der Waals surface area contributed by atoms with Gasteiger partial charge in [-0.3, -0.25) is 0 Å². The topological polar surface area (TPSA) is 7.76 Å². The molecular formula is C36H18F4N2+2. The van der Waals surface area contributed by atoms with E-state index in [9.17, 15) is 0 Å². The van der Waals surface area contributed by atoms with Gasteiger partial charge in [-0.25, -0.2) is 17.6 Å².